The third-order valence-corrected chi connectivity index (χ3v) is 6.04. The molecule has 2 amide bonds. The van der Waals surface area contributed by atoms with E-state index in [1.807, 2.05) is 36.4 Å². The Bertz CT molecular complexity index is 836. The van der Waals surface area contributed by atoms with Gasteiger partial charge in [-0.05, 0) is 43.4 Å². The standard InChI is InChI=1S/C24H31N3O3/c28-23(25-19-10-5-2-6-11-19)17-27(16-20-12-7-15-30-20)24(29)22-14-13-21(26-22)18-8-3-1-4-9-18/h1,3-4,8-9,13-14,19-20,26H,2,5-7,10-12,15-17H2,(H,25,28). The van der Waals surface area contributed by atoms with Crippen LogP contribution in [0.2, 0.25) is 0 Å². The molecule has 1 atom stereocenters. The van der Waals surface area contributed by atoms with Gasteiger partial charge in [0.05, 0.1) is 12.6 Å². The van der Waals surface area contributed by atoms with Gasteiger partial charge in [-0.3, -0.25) is 9.59 Å². The lowest BCUT2D eigenvalue weighted by molar-refractivity contribution is -0.123. The molecule has 1 saturated heterocycles. The molecule has 2 aromatic rings. The van der Waals surface area contributed by atoms with Crippen LogP contribution >= 0.6 is 0 Å². The van der Waals surface area contributed by atoms with Crippen LogP contribution in [0.4, 0.5) is 0 Å². The number of H-pyrrole nitrogens is 1. The summed E-state index contributed by atoms with van der Waals surface area (Å²) in [7, 11) is 0. The van der Waals surface area contributed by atoms with E-state index in [1.54, 1.807) is 11.0 Å². The Morgan fingerprint density at radius 2 is 1.80 bits per heavy atom. The van der Waals surface area contributed by atoms with E-state index >= 15 is 0 Å². The summed E-state index contributed by atoms with van der Waals surface area (Å²) in [5.41, 5.74) is 2.41. The highest BCUT2D eigenvalue weighted by atomic mass is 16.5. The predicted octanol–water partition coefficient (Wildman–Crippen LogP) is 3.75. The molecule has 1 saturated carbocycles. The van der Waals surface area contributed by atoms with Crippen LogP contribution in [0.5, 0.6) is 0 Å². The van der Waals surface area contributed by atoms with Crippen LogP contribution in [-0.4, -0.2) is 53.5 Å². The van der Waals surface area contributed by atoms with Gasteiger partial charge < -0.3 is 19.9 Å². The van der Waals surface area contributed by atoms with E-state index in [0.29, 0.717) is 12.2 Å². The third kappa shape index (κ3) is 5.30. The number of amides is 2. The molecule has 2 aliphatic rings. The molecule has 2 fully saturated rings. The van der Waals surface area contributed by atoms with Gasteiger partial charge >= 0.3 is 0 Å². The van der Waals surface area contributed by atoms with Crippen molar-refractivity contribution >= 4 is 11.8 Å². The lowest BCUT2D eigenvalue weighted by Gasteiger charge is -2.27. The molecular weight excluding hydrogens is 378 g/mol. The molecule has 1 aliphatic carbocycles. The number of carbonyl (C=O) groups is 2. The summed E-state index contributed by atoms with van der Waals surface area (Å²) in [6.45, 7) is 1.23. The van der Waals surface area contributed by atoms with Gasteiger partial charge in [-0.25, -0.2) is 0 Å². The minimum Gasteiger partial charge on any atom is -0.376 e. The van der Waals surface area contributed by atoms with Crippen molar-refractivity contribution in [3.63, 3.8) is 0 Å². The number of ether oxygens (including phenoxy) is 1. The smallest absolute Gasteiger partial charge is 0.270 e. The number of hydrogen-bond acceptors (Lipinski definition) is 3. The Labute approximate surface area is 178 Å². The first-order valence-corrected chi connectivity index (χ1v) is 11.1. The molecule has 0 radical (unpaired) electrons. The molecule has 6 nitrogen and oxygen atoms in total. The van der Waals surface area contributed by atoms with E-state index in [0.717, 1.165) is 56.4 Å². The number of rotatable bonds is 7. The summed E-state index contributed by atoms with van der Waals surface area (Å²) >= 11 is 0. The van der Waals surface area contributed by atoms with Crippen molar-refractivity contribution in [2.24, 2.45) is 0 Å². The molecule has 6 heteroatoms. The third-order valence-electron chi connectivity index (χ3n) is 6.04. The van der Waals surface area contributed by atoms with Crippen LogP contribution in [0.15, 0.2) is 42.5 Å². The molecule has 160 valence electrons. The average Bonchev–Trinajstić information content (AvgIpc) is 3.46. The highest BCUT2D eigenvalue weighted by Gasteiger charge is 2.27. The quantitative estimate of drug-likeness (QED) is 0.731. The highest BCUT2D eigenvalue weighted by molar-refractivity contribution is 5.96. The Morgan fingerprint density at radius 3 is 2.53 bits per heavy atom. The number of nitrogens with zero attached hydrogens (tertiary/aromatic N) is 1. The van der Waals surface area contributed by atoms with Crippen molar-refractivity contribution in [1.82, 2.24) is 15.2 Å². The van der Waals surface area contributed by atoms with Crippen LogP contribution in [0.1, 0.15) is 55.4 Å². The normalized spacial score (nSPS) is 19.5. The molecule has 2 heterocycles. The second-order valence-electron chi connectivity index (χ2n) is 8.37. The van der Waals surface area contributed by atoms with Gasteiger partial charge in [0.25, 0.3) is 5.91 Å². The molecule has 30 heavy (non-hydrogen) atoms. The molecule has 0 spiro atoms. The summed E-state index contributed by atoms with van der Waals surface area (Å²) in [6.07, 6.45) is 7.55. The maximum atomic E-state index is 13.3. The summed E-state index contributed by atoms with van der Waals surface area (Å²) < 4.78 is 5.74. The Kier molecular flexibility index (Phi) is 6.84. The van der Waals surface area contributed by atoms with Crippen molar-refractivity contribution in [2.75, 3.05) is 19.7 Å². The van der Waals surface area contributed by atoms with E-state index < -0.39 is 0 Å². The van der Waals surface area contributed by atoms with Crippen LogP contribution < -0.4 is 5.32 Å². The number of hydrogen-bond donors (Lipinski definition) is 2. The molecule has 2 N–H and O–H groups in total. The molecule has 1 unspecified atom stereocenters. The fourth-order valence-electron chi connectivity index (χ4n) is 4.42. The molecule has 0 bridgehead atoms. The van der Waals surface area contributed by atoms with E-state index in [-0.39, 0.29) is 30.5 Å². The summed E-state index contributed by atoms with van der Waals surface area (Å²) in [5.74, 6) is -0.241. The zero-order valence-electron chi connectivity index (χ0n) is 17.4. The van der Waals surface area contributed by atoms with E-state index in [2.05, 4.69) is 10.3 Å². The fraction of sp³-hybridized carbons (Fsp3) is 0.500. The highest BCUT2D eigenvalue weighted by Crippen LogP contribution is 2.21. The van der Waals surface area contributed by atoms with Gasteiger partial charge in [-0.15, -0.1) is 0 Å². The predicted molar refractivity (Wildman–Crippen MR) is 116 cm³/mol. The van der Waals surface area contributed by atoms with Crippen LogP contribution in [0.3, 0.4) is 0 Å². The number of nitrogens with one attached hydrogen (secondary N) is 2. The van der Waals surface area contributed by atoms with Gasteiger partial charge in [-0.2, -0.15) is 0 Å². The SMILES string of the molecule is O=C(CN(CC1CCCO1)C(=O)c1ccc(-c2ccccc2)[nH]1)NC1CCCCC1. The summed E-state index contributed by atoms with van der Waals surface area (Å²) in [6, 6.07) is 13.9. The maximum Gasteiger partial charge on any atom is 0.270 e. The second-order valence-corrected chi connectivity index (χ2v) is 8.37. The monoisotopic (exact) mass is 409 g/mol. The van der Waals surface area contributed by atoms with Crippen molar-refractivity contribution in [3.8, 4) is 11.3 Å². The second kappa shape index (κ2) is 9.94. The summed E-state index contributed by atoms with van der Waals surface area (Å²) in [5, 5.41) is 3.13. The van der Waals surface area contributed by atoms with Crippen LogP contribution in [-0.2, 0) is 9.53 Å². The van der Waals surface area contributed by atoms with Gasteiger partial charge in [-0.1, -0.05) is 49.6 Å². The Balaban J connectivity index is 1.45. The Morgan fingerprint density at radius 1 is 1.00 bits per heavy atom. The van der Waals surface area contributed by atoms with Crippen molar-refractivity contribution in [2.45, 2.75) is 57.1 Å². The van der Waals surface area contributed by atoms with E-state index in [9.17, 15) is 9.59 Å². The number of benzene rings is 1. The zero-order chi connectivity index (χ0) is 20.8. The average molecular weight is 410 g/mol. The number of aromatic nitrogens is 1. The topological polar surface area (TPSA) is 74.4 Å². The molecule has 4 rings (SSSR count). The summed E-state index contributed by atoms with van der Waals surface area (Å²) in [4.78, 5) is 30.8. The van der Waals surface area contributed by atoms with E-state index in [4.69, 9.17) is 4.74 Å². The first kappa shape index (κ1) is 20.7. The fourth-order valence-corrected chi connectivity index (χ4v) is 4.42. The van der Waals surface area contributed by atoms with Crippen LogP contribution in [0.25, 0.3) is 11.3 Å². The molecular formula is C24H31N3O3. The van der Waals surface area contributed by atoms with Crippen molar-refractivity contribution in [1.29, 1.82) is 0 Å². The number of aromatic amines is 1. The van der Waals surface area contributed by atoms with Gasteiger partial charge in [0.15, 0.2) is 0 Å². The largest absolute Gasteiger partial charge is 0.376 e. The Hall–Kier alpha value is -2.60. The van der Waals surface area contributed by atoms with Gasteiger partial charge in [0.2, 0.25) is 5.91 Å². The van der Waals surface area contributed by atoms with E-state index in [1.165, 1.54) is 6.42 Å². The number of carbonyl (C=O) groups excluding carboxylic acids is 2. The zero-order valence-corrected chi connectivity index (χ0v) is 17.4. The minimum atomic E-state index is -0.161. The first-order chi connectivity index (χ1) is 14.7. The van der Waals surface area contributed by atoms with Gasteiger partial charge in [0.1, 0.15) is 5.69 Å². The first-order valence-electron chi connectivity index (χ1n) is 11.1. The molecule has 1 aromatic carbocycles. The van der Waals surface area contributed by atoms with Crippen molar-refractivity contribution in [3.05, 3.63) is 48.2 Å². The maximum absolute atomic E-state index is 13.3. The molecule has 1 aromatic heterocycles. The lowest BCUT2D eigenvalue weighted by atomic mass is 9.95. The van der Waals surface area contributed by atoms with Crippen molar-refractivity contribution < 1.29 is 14.3 Å². The van der Waals surface area contributed by atoms with Crippen LogP contribution in [0, 0.1) is 0 Å². The van der Waals surface area contributed by atoms with Gasteiger partial charge in [0, 0.05) is 24.9 Å². The minimum absolute atomic E-state index is 0.0000125. The molecule has 1 aliphatic heterocycles. The lowest BCUT2D eigenvalue weighted by Crippen LogP contribution is -2.47.